The van der Waals surface area contributed by atoms with E-state index in [4.69, 9.17) is 4.74 Å². The first-order valence-electron chi connectivity index (χ1n) is 7.27. The van der Waals surface area contributed by atoms with Crippen LogP contribution < -0.4 is 9.46 Å². The second-order valence-corrected chi connectivity index (χ2v) is 6.95. The number of hydrogen-bond donors (Lipinski definition) is 1. The van der Waals surface area contributed by atoms with Crippen LogP contribution in [0.4, 0.5) is 5.69 Å². The van der Waals surface area contributed by atoms with Gasteiger partial charge in [0.25, 0.3) is 0 Å². The highest BCUT2D eigenvalue weighted by atomic mass is 32.2. The Balaban J connectivity index is 2.02. The Morgan fingerprint density at radius 1 is 1.09 bits per heavy atom. The van der Waals surface area contributed by atoms with Gasteiger partial charge in [-0.15, -0.1) is 0 Å². The Kier molecular flexibility index (Phi) is 5.44. The molecule has 0 saturated carbocycles. The number of rotatable bonds is 7. The van der Waals surface area contributed by atoms with Crippen LogP contribution >= 0.6 is 0 Å². The van der Waals surface area contributed by atoms with E-state index >= 15 is 0 Å². The van der Waals surface area contributed by atoms with E-state index in [1.165, 1.54) is 0 Å². The lowest BCUT2D eigenvalue weighted by Crippen LogP contribution is -2.15. The molecule has 5 heteroatoms. The maximum absolute atomic E-state index is 12.2. The van der Waals surface area contributed by atoms with Gasteiger partial charge in [-0.1, -0.05) is 36.8 Å². The van der Waals surface area contributed by atoms with Crippen molar-refractivity contribution in [3.8, 4) is 5.75 Å². The molecule has 0 heterocycles. The molecule has 2 rings (SSSR count). The van der Waals surface area contributed by atoms with E-state index in [9.17, 15) is 8.42 Å². The van der Waals surface area contributed by atoms with Crippen LogP contribution in [-0.2, 0) is 15.8 Å². The van der Waals surface area contributed by atoms with Gasteiger partial charge in [0.15, 0.2) is 0 Å². The topological polar surface area (TPSA) is 55.4 Å². The Labute approximate surface area is 132 Å². The zero-order chi connectivity index (χ0) is 16.0. The summed E-state index contributed by atoms with van der Waals surface area (Å²) in [7, 11) is -3.43. The summed E-state index contributed by atoms with van der Waals surface area (Å²) in [6.45, 7) is 4.63. The minimum atomic E-state index is -3.43. The van der Waals surface area contributed by atoms with Crippen molar-refractivity contribution in [3.63, 3.8) is 0 Å². The van der Waals surface area contributed by atoms with Gasteiger partial charge in [-0.2, -0.15) is 0 Å². The molecule has 2 aromatic rings. The molecule has 0 unspecified atom stereocenters. The predicted octanol–water partition coefficient (Wildman–Crippen LogP) is 3.73. The second kappa shape index (κ2) is 7.31. The van der Waals surface area contributed by atoms with Gasteiger partial charge < -0.3 is 4.74 Å². The van der Waals surface area contributed by atoms with Gasteiger partial charge >= 0.3 is 0 Å². The number of nitrogens with one attached hydrogen (secondary N) is 1. The predicted molar refractivity (Wildman–Crippen MR) is 89.7 cm³/mol. The zero-order valence-corrected chi connectivity index (χ0v) is 13.7. The smallest absolute Gasteiger partial charge is 0.236 e. The molecule has 118 valence electrons. The maximum Gasteiger partial charge on any atom is 0.236 e. The maximum atomic E-state index is 12.2. The Morgan fingerprint density at radius 3 is 2.45 bits per heavy atom. The van der Waals surface area contributed by atoms with Crippen LogP contribution in [0.1, 0.15) is 24.5 Å². The number of benzene rings is 2. The Morgan fingerprint density at radius 2 is 1.82 bits per heavy atom. The summed E-state index contributed by atoms with van der Waals surface area (Å²) in [5, 5.41) is 0. The third-order valence-corrected chi connectivity index (χ3v) is 4.30. The third-order valence-electron chi connectivity index (χ3n) is 3.04. The van der Waals surface area contributed by atoms with E-state index in [1.54, 1.807) is 24.3 Å². The lowest BCUT2D eigenvalue weighted by atomic mass is 10.2. The minimum Gasteiger partial charge on any atom is -0.494 e. The number of ether oxygens (including phenoxy) is 1. The molecule has 0 radical (unpaired) electrons. The molecule has 2 aromatic carbocycles. The van der Waals surface area contributed by atoms with E-state index in [0.29, 0.717) is 12.3 Å². The van der Waals surface area contributed by atoms with Crippen molar-refractivity contribution >= 4 is 15.7 Å². The zero-order valence-electron chi connectivity index (χ0n) is 12.9. The number of anilines is 1. The summed E-state index contributed by atoms with van der Waals surface area (Å²) in [5.41, 5.74) is 2.36. The lowest BCUT2D eigenvalue weighted by molar-refractivity contribution is 0.317. The SMILES string of the molecule is CCCOc1ccc(NS(=O)(=O)Cc2cccc(C)c2)cc1. The van der Waals surface area contributed by atoms with E-state index in [2.05, 4.69) is 4.72 Å². The summed E-state index contributed by atoms with van der Waals surface area (Å²) in [6, 6.07) is 14.4. The summed E-state index contributed by atoms with van der Waals surface area (Å²) >= 11 is 0. The Hall–Kier alpha value is -2.01. The minimum absolute atomic E-state index is 0.0389. The monoisotopic (exact) mass is 319 g/mol. The molecule has 0 spiro atoms. The molecule has 22 heavy (non-hydrogen) atoms. The largest absolute Gasteiger partial charge is 0.494 e. The quantitative estimate of drug-likeness (QED) is 0.846. The molecule has 1 N–H and O–H groups in total. The molecule has 0 aliphatic rings. The van der Waals surface area contributed by atoms with E-state index in [-0.39, 0.29) is 5.75 Å². The lowest BCUT2D eigenvalue weighted by Gasteiger charge is -2.10. The van der Waals surface area contributed by atoms with Crippen LogP contribution in [0.5, 0.6) is 5.75 Å². The first-order chi connectivity index (χ1) is 10.5. The van der Waals surface area contributed by atoms with E-state index < -0.39 is 10.0 Å². The molecule has 4 nitrogen and oxygen atoms in total. The molecule has 0 aliphatic heterocycles. The highest BCUT2D eigenvalue weighted by Gasteiger charge is 2.12. The average molecular weight is 319 g/mol. The van der Waals surface area contributed by atoms with Crippen LogP contribution in [0.15, 0.2) is 48.5 Å². The summed E-state index contributed by atoms with van der Waals surface area (Å²) in [4.78, 5) is 0. The van der Waals surface area contributed by atoms with Gasteiger partial charge in [0.2, 0.25) is 10.0 Å². The molecular weight excluding hydrogens is 298 g/mol. The second-order valence-electron chi connectivity index (χ2n) is 5.22. The van der Waals surface area contributed by atoms with Crippen molar-refractivity contribution in [2.45, 2.75) is 26.0 Å². The fourth-order valence-corrected chi connectivity index (χ4v) is 3.26. The van der Waals surface area contributed by atoms with Crippen LogP contribution in [0, 0.1) is 6.92 Å². The normalized spacial score (nSPS) is 11.2. The van der Waals surface area contributed by atoms with Gasteiger partial charge in [0, 0.05) is 5.69 Å². The molecule has 0 atom stereocenters. The third kappa shape index (κ3) is 5.07. The standard InChI is InChI=1S/C17H21NO3S/c1-3-11-21-17-9-7-16(8-10-17)18-22(19,20)13-15-6-4-5-14(2)12-15/h4-10,12,18H,3,11,13H2,1-2H3. The molecule has 0 saturated heterocycles. The summed E-state index contributed by atoms with van der Waals surface area (Å²) in [5.74, 6) is 0.700. The molecule has 0 aromatic heterocycles. The number of aryl methyl sites for hydroxylation is 1. The first-order valence-corrected chi connectivity index (χ1v) is 8.92. The van der Waals surface area contributed by atoms with Crippen molar-refractivity contribution in [1.29, 1.82) is 0 Å². The van der Waals surface area contributed by atoms with Crippen molar-refractivity contribution in [3.05, 3.63) is 59.7 Å². The molecule has 0 fully saturated rings. The van der Waals surface area contributed by atoms with Gasteiger partial charge in [-0.25, -0.2) is 8.42 Å². The molecule has 0 bridgehead atoms. The average Bonchev–Trinajstić information content (AvgIpc) is 2.45. The van der Waals surface area contributed by atoms with Crippen molar-refractivity contribution < 1.29 is 13.2 Å². The number of hydrogen-bond acceptors (Lipinski definition) is 3. The van der Waals surface area contributed by atoms with Crippen molar-refractivity contribution in [2.24, 2.45) is 0 Å². The summed E-state index contributed by atoms with van der Waals surface area (Å²) < 4.78 is 32.4. The molecular formula is C17H21NO3S. The van der Waals surface area contributed by atoms with Crippen molar-refractivity contribution in [1.82, 2.24) is 0 Å². The highest BCUT2D eigenvalue weighted by molar-refractivity contribution is 7.91. The fraction of sp³-hybridized carbons (Fsp3) is 0.294. The van der Waals surface area contributed by atoms with Gasteiger partial charge in [0.1, 0.15) is 5.75 Å². The van der Waals surface area contributed by atoms with E-state index in [1.807, 2.05) is 38.1 Å². The fourth-order valence-electron chi connectivity index (χ4n) is 2.08. The van der Waals surface area contributed by atoms with Gasteiger partial charge in [0.05, 0.1) is 12.4 Å². The van der Waals surface area contributed by atoms with Gasteiger partial charge in [-0.3, -0.25) is 4.72 Å². The van der Waals surface area contributed by atoms with Crippen LogP contribution in [-0.4, -0.2) is 15.0 Å². The van der Waals surface area contributed by atoms with Crippen LogP contribution in [0.25, 0.3) is 0 Å². The first kappa shape index (κ1) is 16.4. The molecule has 0 amide bonds. The molecule has 0 aliphatic carbocycles. The van der Waals surface area contributed by atoms with Gasteiger partial charge in [-0.05, 0) is 43.2 Å². The highest BCUT2D eigenvalue weighted by Crippen LogP contribution is 2.18. The Bertz CT molecular complexity index is 709. The van der Waals surface area contributed by atoms with Crippen LogP contribution in [0.2, 0.25) is 0 Å². The number of sulfonamides is 1. The van der Waals surface area contributed by atoms with E-state index in [0.717, 1.165) is 23.3 Å². The van der Waals surface area contributed by atoms with Crippen molar-refractivity contribution in [2.75, 3.05) is 11.3 Å². The van der Waals surface area contributed by atoms with Crippen LogP contribution in [0.3, 0.4) is 0 Å². The summed E-state index contributed by atoms with van der Waals surface area (Å²) in [6.07, 6.45) is 0.935.